The number of carbonyl (C=O) groups is 2. The van der Waals surface area contributed by atoms with Gasteiger partial charge >= 0.3 is 0 Å². The second-order valence-corrected chi connectivity index (χ2v) is 7.88. The van der Waals surface area contributed by atoms with E-state index in [1.54, 1.807) is 0 Å². The number of hydrogen-bond acceptors (Lipinski definition) is 4. The fourth-order valence-corrected chi connectivity index (χ4v) is 4.11. The molecule has 2 amide bonds. The number of thioether (sulfide) groups is 1. The Morgan fingerprint density at radius 3 is 2.21 bits per heavy atom. The molecule has 0 saturated carbocycles. The van der Waals surface area contributed by atoms with Gasteiger partial charge in [-0.1, -0.05) is 72.4 Å². The Hall–Kier alpha value is -3.31. The van der Waals surface area contributed by atoms with Gasteiger partial charge in [0.25, 0.3) is 11.8 Å². The van der Waals surface area contributed by atoms with Crippen LogP contribution >= 0.6 is 11.8 Å². The van der Waals surface area contributed by atoms with Gasteiger partial charge in [-0.15, -0.1) is 0 Å². The lowest BCUT2D eigenvalue weighted by molar-refractivity contribution is -0.137. The summed E-state index contributed by atoms with van der Waals surface area (Å²) in [5.41, 5.74) is 3.10. The van der Waals surface area contributed by atoms with Crippen molar-refractivity contribution in [2.24, 2.45) is 0 Å². The van der Waals surface area contributed by atoms with Gasteiger partial charge in [0, 0.05) is 10.6 Å². The number of aryl methyl sites for hydroxylation is 1. The van der Waals surface area contributed by atoms with Crippen LogP contribution in [0.3, 0.4) is 0 Å². The zero-order valence-corrected chi connectivity index (χ0v) is 16.8. The van der Waals surface area contributed by atoms with Crippen molar-refractivity contribution in [1.29, 1.82) is 0 Å². The highest BCUT2D eigenvalue weighted by molar-refractivity contribution is 8.04. The molecule has 144 valence electrons. The summed E-state index contributed by atoms with van der Waals surface area (Å²) < 4.78 is 0. The number of amides is 2. The molecule has 5 heteroatoms. The van der Waals surface area contributed by atoms with E-state index >= 15 is 0 Å². The molecule has 0 spiro atoms. The Morgan fingerprint density at radius 2 is 1.52 bits per heavy atom. The molecule has 1 heterocycles. The largest absolute Gasteiger partial charge is 0.350 e. The van der Waals surface area contributed by atoms with E-state index in [4.69, 9.17) is 0 Å². The van der Waals surface area contributed by atoms with Crippen LogP contribution in [-0.2, 0) is 16.1 Å². The van der Waals surface area contributed by atoms with Gasteiger partial charge in [0.15, 0.2) is 0 Å². The van der Waals surface area contributed by atoms with Crippen LogP contribution < -0.4 is 5.32 Å². The molecule has 4 rings (SSSR count). The second kappa shape index (κ2) is 8.37. The quantitative estimate of drug-likeness (QED) is 0.593. The highest BCUT2D eigenvalue weighted by atomic mass is 32.2. The maximum absolute atomic E-state index is 13.2. The summed E-state index contributed by atoms with van der Waals surface area (Å²) in [6.45, 7) is 2.23. The lowest BCUT2D eigenvalue weighted by atomic mass is 10.2. The highest BCUT2D eigenvalue weighted by Gasteiger charge is 2.39. The molecular formula is C24H20N2O2S. The molecule has 0 unspecified atom stereocenters. The number of benzene rings is 3. The standard InChI is InChI=1S/C24H20N2O2S/c1-17-9-8-12-19(15-17)25-21-22(29-20-13-6-3-7-14-20)24(28)26(23(21)27)16-18-10-4-2-5-11-18/h2-15,25H,16H2,1H3. The van der Waals surface area contributed by atoms with Gasteiger partial charge in [0.1, 0.15) is 10.6 Å². The van der Waals surface area contributed by atoms with Crippen molar-refractivity contribution in [2.75, 3.05) is 5.32 Å². The van der Waals surface area contributed by atoms with E-state index in [0.29, 0.717) is 10.6 Å². The Balaban J connectivity index is 1.68. The number of nitrogens with one attached hydrogen (secondary N) is 1. The Morgan fingerprint density at radius 1 is 0.828 bits per heavy atom. The molecule has 0 fully saturated rings. The molecule has 0 saturated heterocycles. The normalized spacial score (nSPS) is 13.9. The van der Waals surface area contributed by atoms with Gasteiger partial charge in [0.05, 0.1) is 6.54 Å². The second-order valence-electron chi connectivity index (χ2n) is 6.80. The Labute approximate surface area is 174 Å². The van der Waals surface area contributed by atoms with Crippen molar-refractivity contribution >= 4 is 29.3 Å². The first kappa shape index (κ1) is 19.0. The molecule has 0 aromatic heterocycles. The van der Waals surface area contributed by atoms with Crippen molar-refractivity contribution in [2.45, 2.75) is 18.4 Å². The third-order valence-corrected chi connectivity index (χ3v) is 5.65. The van der Waals surface area contributed by atoms with Crippen molar-refractivity contribution in [3.05, 3.63) is 107 Å². The van der Waals surface area contributed by atoms with Crippen molar-refractivity contribution in [1.82, 2.24) is 4.90 Å². The number of anilines is 1. The van der Waals surface area contributed by atoms with E-state index in [1.807, 2.05) is 91.9 Å². The minimum atomic E-state index is -0.307. The summed E-state index contributed by atoms with van der Waals surface area (Å²) in [5, 5.41) is 3.19. The summed E-state index contributed by atoms with van der Waals surface area (Å²) in [5.74, 6) is -0.582. The lowest BCUT2D eigenvalue weighted by Crippen LogP contribution is -2.31. The summed E-state index contributed by atoms with van der Waals surface area (Å²) in [6.07, 6.45) is 0. The molecule has 0 atom stereocenters. The van der Waals surface area contributed by atoms with Crippen LogP contribution in [-0.4, -0.2) is 16.7 Å². The third kappa shape index (κ3) is 4.25. The minimum absolute atomic E-state index is 0.246. The van der Waals surface area contributed by atoms with Gasteiger partial charge in [-0.25, -0.2) is 0 Å². The van der Waals surface area contributed by atoms with Gasteiger partial charge in [-0.2, -0.15) is 0 Å². The molecule has 4 nitrogen and oxygen atoms in total. The molecule has 0 bridgehead atoms. The average Bonchev–Trinajstić information content (AvgIpc) is 2.94. The zero-order valence-electron chi connectivity index (χ0n) is 16.0. The Kier molecular flexibility index (Phi) is 5.49. The van der Waals surface area contributed by atoms with Gasteiger partial charge in [-0.3, -0.25) is 14.5 Å². The van der Waals surface area contributed by atoms with Crippen LogP contribution in [0.15, 0.2) is 100 Å². The molecule has 29 heavy (non-hydrogen) atoms. The van der Waals surface area contributed by atoms with Gasteiger partial charge in [-0.05, 0) is 42.3 Å². The number of carbonyl (C=O) groups excluding carboxylic acids is 2. The number of hydrogen-bond donors (Lipinski definition) is 1. The van der Waals surface area contributed by atoms with E-state index in [2.05, 4.69) is 5.32 Å². The van der Waals surface area contributed by atoms with E-state index < -0.39 is 0 Å². The molecule has 0 radical (unpaired) electrons. The SMILES string of the molecule is Cc1cccc(NC2=C(Sc3ccccc3)C(=O)N(Cc3ccccc3)C2=O)c1. The van der Waals surface area contributed by atoms with Gasteiger partial charge < -0.3 is 5.32 Å². The van der Waals surface area contributed by atoms with E-state index in [-0.39, 0.29) is 18.4 Å². The zero-order chi connectivity index (χ0) is 20.2. The first-order chi connectivity index (χ1) is 14.1. The minimum Gasteiger partial charge on any atom is -0.350 e. The summed E-state index contributed by atoms with van der Waals surface area (Å²) in [7, 11) is 0. The topological polar surface area (TPSA) is 49.4 Å². The Bertz CT molecular complexity index is 1080. The first-order valence-corrected chi connectivity index (χ1v) is 10.1. The molecular weight excluding hydrogens is 380 g/mol. The van der Waals surface area contributed by atoms with Crippen molar-refractivity contribution in [3.8, 4) is 0 Å². The monoisotopic (exact) mass is 400 g/mol. The van der Waals surface area contributed by atoms with E-state index in [1.165, 1.54) is 16.7 Å². The van der Waals surface area contributed by atoms with E-state index in [9.17, 15) is 9.59 Å². The molecule has 0 aliphatic carbocycles. The van der Waals surface area contributed by atoms with Crippen molar-refractivity contribution in [3.63, 3.8) is 0 Å². The van der Waals surface area contributed by atoms with E-state index in [0.717, 1.165) is 21.7 Å². The molecule has 1 N–H and O–H groups in total. The maximum atomic E-state index is 13.2. The van der Waals surface area contributed by atoms with Crippen LogP contribution in [0.5, 0.6) is 0 Å². The predicted octanol–water partition coefficient (Wildman–Crippen LogP) is 4.98. The van der Waals surface area contributed by atoms with Crippen LogP contribution in [0.4, 0.5) is 5.69 Å². The number of nitrogens with zero attached hydrogens (tertiary/aromatic N) is 1. The molecule has 1 aliphatic heterocycles. The fourth-order valence-electron chi connectivity index (χ4n) is 3.14. The average molecular weight is 401 g/mol. The fraction of sp³-hybridized carbons (Fsp3) is 0.0833. The predicted molar refractivity (Wildman–Crippen MR) is 116 cm³/mol. The summed E-state index contributed by atoms with van der Waals surface area (Å²) in [4.78, 5) is 29.0. The summed E-state index contributed by atoms with van der Waals surface area (Å²) >= 11 is 1.31. The number of imide groups is 1. The smallest absolute Gasteiger partial charge is 0.278 e. The van der Waals surface area contributed by atoms with Crippen molar-refractivity contribution < 1.29 is 9.59 Å². The maximum Gasteiger partial charge on any atom is 0.278 e. The highest BCUT2D eigenvalue weighted by Crippen LogP contribution is 2.36. The third-order valence-electron chi connectivity index (χ3n) is 4.56. The van der Waals surface area contributed by atoms with Crippen LogP contribution in [0, 0.1) is 6.92 Å². The van der Waals surface area contributed by atoms with Crippen LogP contribution in [0.25, 0.3) is 0 Å². The molecule has 1 aliphatic rings. The van der Waals surface area contributed by atoms with Crippen LogP contribution in [0.1, 0.15) is 11.1 Å². The lowest BCUT2D eigenvalue weighted by Gasteiger charge is -2.15. The summed E-state index contributed by atoms with van der Waals surface area (Å²) in [6, 6.07) is 26.9. The molecule has 3 aromatic carbocycles. The first-order valence-electron chi connectivity index (χ1n) is 9.33. The van der Waals surface area contributed by atoms with Crippen LogP contribution in [0.2, 0.25) is 0 Å². The number of rotatable bonds is 6. The van der Waals surface area contributed by atoms with Gasteiger partial charge in [0.2, 0.25) is 0 Å². The molecule has 3 aromatic rings.